The van der Waals surface area contributed by atoms with Crippen LogP contribution in [0.25, 0.3) is 0 Å². The van der Waals surface area contributed by atoms with Crippen LogP contribution in [0, 0.1) is 0 Å². The zero-order valence-corrected chi connectivity index (χ0v) is 10.6. The first-order valence-electron chi connectivity index (χ1n) is 5.30. The maximum atomic E-state index is 3.84. The molecule has 1 nitrogen and oxygen atoms in total. The summed E-state index contributed by atoms with van der Waals surface area (Å²) in [5, 5.41) is 3.59. The predicted molar refractivity (Wildman–Crippen MR) is 68.0 cm³/mol. The lowest BCUT2D eigenvalue weighted by atomic mass is 9.81. The maximum absolute atomic E-state index is 3.84. The van der Waals surface area contributed by atoms with E-state index in [-0.39, 0.29) is 5.54 Å². The molecule has 1 atom stereocenters. The summed E-state index contributed by atoms with van der Waals surface area (Å²) in [6.45, 7) is 7.15. The van der Waals surface area contributed by atoms with Gasteiger partial charge in [-0.2, -0.15) is 0 Å². The average Bonchev–Trinajstić information content (AvgIpc) is 2.20. The Labute approximate surface area is 99.7 Å². The van der Waals surface area contributed by atoms with Crippen molar-refractivity contribution >= 4 is 15.9 Å². The van der Waals surface area contributed by atoms with E-state index in [4.69, 9.17) is 0 Å². The van der Waals surface area contributed by atoms with Crippen LogP contribution in [0.3, 0.4) is 0 Å². The predicted octanol–water partition coefficient (Wildman–Crippen LogP) is 3.39. The number of benzene rings is 1. The molecule has 0 saturated carbocycles. The first-order valence-corrected chi connectivity index (χ1v) is 6.10. The topological polar surface area (TPSA) is 12.0 Å². The zero-order valence-electron chi connectivity index (χ0n) is 9.02. The Bertz CT molecular complexity index is 386. The molecule has 1 unspecified atom stereocenters. The molecule has 0 aromatic heterocycles. The third-order valence-electron chi connectivity index (χ3n) is 3.13. The van der Waals surface area contributed by atoms with Crippen LogP contribution in [0.15, 0.2) is 35.3 Å². The Morgan fingerprint density at radius 1 is 1.60 bits per heavy atom. The minimum absolute atomic E-state index is 0.0547. The van der Waals surface area contributed by atoms with Gasteiger partial charge in [0.2, 0.25) is 0 Å². The molecule has 1 aromatic rings. The van der Waals surface area contributed by atoms with Gasteiger partial charge in [0.1, 0.15) is 0 Å². The molecule has 1 N–H and O–H groups in total. The molecule has 80 valence electrons. The van der Waals surface area contributed by atoms with Crippen molar-refractivity contribution in [1.82, 2.24) is 5.32 Å². The number of halogens is 1. The van der Waals surface area contributed by atoms with E-state index in [1.54, 1.807) is 0 Å². The van der Waals surface area contributed by atoms with E-state index in [1.807, 2.05) is 6.08 Å². The normalized spacial score (nSPS) is 24.7. The molecular weight excluding hydrogens is 250 g/mol. The molecule has 2 heteroatoms. The fourth-order valence-electron chi connectivity index (χ4n) is 2.32. The highest BCUT2D eigenvalue weighted by molar-refractivity contribution is 9.10. The summed E-state index contributed by atoms with van der Waals surface area (Å²) >= 11 is 3.54. The van der Waals surface area contributed by atoms with Gasteiger partial charge in [0.05, 0.1) is 0 Å². The Kier molecular flexibility index (Phi) is 2.98. The second-order valence-electron chi connectivity index (χ2n) is 4.30. The third-order valence-corrected chi connectivity index (χ3v) is 3.62. The Balaban J connectivity index is 2.48. The van der Waals surface area contributed by atoms with E-state index in [0.717, 1.165) is 23.9 Å². The summed E-state index contributed by atoms with van der Waals surface area (Å²) in [7, 11) is 0. The van der Waals surface area contributed by atoms with Crippen LogP contribution in [0.2, 0.25) is 0 Å². The van der Waals surface area contributed by atoms with Crippen LogP contribution in [-0.4, -0.2) is 6.54 Å². The smallest absolute Gasteiger partial charge is 0.0444 e. The van der Waals surface area contributed by atoms with Gasteiger partial charge in [-0.25, -0.2) is 0 Å². The average molecular weight is 266 g/mol. The summed E-state index contributed by atoms with van der Waals surface area (Å²) in [6, 6.07) is 6.57. The maximum Gasteiger partial charge on any atom is 0.0444 e. The van der Waals surface area contributed by atoms with Gasteiger partial charge in [-0.15, -0.1) is 6.58 Å². The van der Waals surface area contributed by atoms with E-state index in [0.29, 0.717) is 0 Å². The van der Waals surface area contributed by atoms with Crippen molar-refractivity contribution in [3.63, 3.8) is 0 Å². The molecule has 0 radical (unpaired) electrons. The second-order valence-corrected chi connectivity index (χ2v) is 5.22. The molecule has 0 fully saturated rings. The van der Waals surface area contributed by atoms with E-state index >= 15 is 0 Å². The Hall–Kier alpha value is -0.600. The molecule has 15 heavy (non-hydrogen) atoms. The lowest BCUT2D eigenvalue weighted by molar-refractivity contribution is 0.350. The molecule has 1 aliphatic rings. The fourth-order valence-corrected chi connectivity index (χ4v) is 2.68. The minimum atomic E-state index is 0.0547. The molecule has 1 heterocycles. The quantitative estimate of drug-likeness (QED) is 0.809. The lowest BCUT2D eigenvalue weighted by Gasteiger charge is -2.36. The van der Waals surface area contributed by atoms with Crippen molar-refractivity contribution in [1.29, 1.82) is 0 Å². The minimum Gasteiger partial charge on any atom is -0.307 e. The summed E-state index contributed by atoms with van der Waals surface area (Å²) in [4.78, 5) is 0. The van der Waals surface area contributed by atoms with Crippen LogP contribution in [0.4, 0.5) is 0 Å². The number of rotatable bonds is 2. The second kappa shape index (κ2) is 4.11. The Morgan fingerprint density at radius 3 is 3.13 bits per heavy atom. The van der Waals surface area contributed by atoms with Crippen LogP contribution in [0.5, 0.6) is 0 Å². The number of hydrogen-bond donors (Lipinski definition) is 1. The summed E-state index contributed by atoms with van der Waals surface area (Å²) in [6.07, 6.45) is 4.08. The highest BCUT2D eigenvalue weighted by Crippen LogP contribution is 2.33. The fraction of sp³-hybridized carbons (Fsp3) is 0.385. The first kappa shape index (κ1) is 10.9. The number of nitrogens with one attached hydrogen (secondary N) is 1. The van der Waals surface area contributed by atoms with Gasteiger partial charge in [0.15, 0.2) is 0 Å². The van der Waals surface area contributed by atoms with Gasteiger partial charge in [-0.3, -0.25) is 0 Å². The van der Waals surface area contributed by atoms with Crippen molar-refractivity contribution in [2.75, 3.05) is 6.54 Å². The van der Waals surface area contributed by atoms with E-state index < -0.39 is 0 Å². The van der Waals surface area contributed by atoms with Crippen LogP contribution in [0.1, 0.15) is 24.5 Å². The molecule has 0 bridgehead atoms. The van der Waals surface area contributed by atoms with Gasteiger partial charge in [-0.05, 0) is 43.0 Å². The van der Waals surface area contributed by atoms with Gasteiger partial charge < -0.3 is 5.32 Å². The van der Waals surface area contributed by atoms with Crippen LogP contribution in [-0.2, 0) is 12.0 Å². The molecule has 0 saturated heterocycles. The summed E-state index contributed by atoms with van der Waals surface area (Å²) < 4.78 is 1.15. The van der Waals surface area contributed by atoms with Gasteiger partial charge >= 0.3 is 0 Å². The molecule has 1 aromatic carbocycles. The number of fused-ring (bicyclic) bond motifs is 1. The molecular formula is C13H16BrN. The zero-order chi connectivity index (χ0) is 10.9. The largest absolute Gasteiger partial charge is 0.307 e. The van der Waals surface area contributed by atoms with Crippen LogP contribution < -0.4 is 5.32 Å². The standard InChI is InChI=1S/C13H16BrN/c1-3-7-13(2)12-9-11(14)5-4-10(12)6-8-15-13/h3-5,9,15H,1,6-8H2,2H3. The van der Waals surface area contributed by atoms with Crippen molar-refractivity contribution in [3.05, 3.63) is 46.5 Å². The molecule has 0 amide bonds. The summed E-state index contributed by atoms with van der Waals surface area (Å²) in [5.41, 5.74) is 2.92. The highest BCUT2D eigenvalue weighted by atomic mass is 79.9. The van der Waals surface area contributed by atoms with Crippen molar-refractivity contribution < 1.29 is 0 Å². The SMILES string of the molecule is C=CCC1(C)NCCc2ccc(Br)cc21. The molecule has 0 spiro atoms. The van der Waals surface area contributed by atoms with Gasteiger partial charge in [0.25, 0.3) is 0 Å². The molecule has 0 aliphatic carbocycles. The Morgan fingerprint density at radius 2 is 2.40 bits per heavy atom. The van der Waals surface area contributed by atoms with E-state index in [2.05, 4.69) is 52.9 Å². The van der Waals surface area contributed by atoms with Crippen molar-refractivity contribution in [3.8, 4) is 0 Å². The lowest BCUT2D eigenvalue weighted by Crippen LogP contribution is -2.44. The van der Waals surface area contributed by atoms with E-state index in [9.17, 15) is 0 Å². The first-order chi connectivity index (χ1) is 7.15. The van der Waals surface area contributed by atoms with E-state index in [1.165, 1.54) is 11.1 Å². The van der Waals surface area contributed by atoms with Crippen molar-refractivity contribution in [2.24, 2.45) is 0 Å². The van der Waals surface area contributed by atoms with Gasteiger partial charge in [0, 0.05) is 16.6 Å². The third kappa shape index (κ3) is 2.01. The van der Waals surface area contributed by atoms with Crippen molar-refractivity contribution in [2.45, 2.75) is 25.3 Å². The summed E-state index contributed by atoms with van der Waals surface area (Å²) in [5.74, 6) is 0. The highest BCUT2D eigenvalue weighted by Gasteiger charge is 2.30. The number of hydrogen-bond acceptors (Lipinski definition) is 1. The van der Waals surface area contributed by atoms with Gasteiger partial charge in [-0.1, -0.05) is 28.1 Å². The monoisotopic (exact) mass is 265 g/mol. The molecule has 1 aliphatic heterocycles. The molecule has 2 rings (SSSR count). The van der Waals surface area contributed by atoms with Crippen LogP contribution >= 0.6 is 15.9 Å².